The molecule has 0 aliphatic carbocycles. The fourth-order valence-electron chi connectivity index (χ4n) is 1.56. The van der Waals surface area contributed by atoms with Gasteiger partial charge in [0.2, 0.25) is 5.95 Å². The Bertz CT molecular complexity index is 384. The molecule has 0 bridgehead atoms. The highest BCUT2D eigenvalue weighted by Crippen LogP contribution is 2.15. The summed E-state index contributed by atoms with van der Waals surface area (Å²) in [5.41, 5.74) is 6.05. The van der Waals surface area contributed by atoms with E-state index in [1.54, 1.807) is 12.3 Å². The second-order valence-corrected chi connectivity index (χ2v) is 3.93. The monoisotopic (exact) mass is 224 g/mol. The van der Waals surface area contributed by atoms with Gasteiger partial charge in [0.1, 0.15) is 10.7 Å². The van der Waals surface area contributed by atoms with Gasteiger partial charge in [0.15, 0.2) is 0 Å². The van der Waals surface area contributed by atoms with Crippen LogP contribution in [0.1, 0.15) is 12.1 Å². The minimum Gasteiger partial charge on any atom is -0.391 e. The predicted octanol–water partition coefficient (Wildman–Crippen LogP) is -0.318. The van der Waals surface area contributed by atoms with Crippen LogP contribution in [0.3, 0.4) is 0 Å². The highest BCUT2D eigenvalue weighted by molar-refractivity contribution is 7.80. The van der Waals surface area contributed by atoms with Crippen molar-refractivity contribution in [3.8, 4) is 0 Å². The second kappa shape index (κ2) is 4.08. The number of hydrogen-bond acceptors (Lipinski definition) is 5. The van der Waals surface area contributed by atoms with Gasteiger partial charge in [-0.2, -0.15) is 0 Å². The van der Waals surface area contributed by atoms with Crippen LogP contribution < -0.4 is 10.6 Å². The molecule has 0 saturated carbocycles. The maximum absolute atomic E-state index is 9.39. The summed E-state index contributed by atoms with van der Waals surface area (Å²) in [5, 5.41) is 9.39. The van der Waals surface area contributed by atoms with E-state index in [-0.39, 0.29) is 11.1 Å². The number of aliphatic hydroxyl groups is 1. The number of rotatable bonds is 2. The lowest BCUT2D eigenvalue weighted by Crippen LogP contribution is -2.24. The molecule has 3 N–H and O–H groups in total. The van der Waals surface area contributed by atoms with Crippen molar-refractivity contribution in [3.05, 3.63) is 18.0 Å². The molecule has 0 radical (unpaired) electrons. The van der Waals surface area contributed by atoms with E-state index in [1.807, 2.05) is 4.90 Å². The topological polar surface area (TPSA) is 75.3 Å². The Labute approximate surface area is 92.9 Å². The van der Waals surface area contributed by atoms with Gasteiger partial charge in [-0.3, -0.25) is 0 Å². The zero-order valence-electron chi connectivity index (χ0n) is 8.13. The Hall–Kier alpha value is -1.27. The number of β-amino-alcohol motifs (C(OH)–C–C–N with tert-alkyl or cyclic N) is 1. The number of anilines is 1. The molecule has 1 aliphatic heterocycles. The average Bonchev–Trinajstić information content (AvgIpc) is 2.65. The van der Waals surface area contributed by atoms with E-state index in [9.17, 15) is 5.11 Å². The van der Waals surface area contributed by atoms with E-state index < -0.39 is 0 Å². The van der Waals surface area contributed by atoms with Gasteiger partial charge in [-0.05, 0) is 12.5 Å². The maximum Gasteiger partial charge on any atom is 0.226 e. The lowest BCUT2D eigenvalue weighted by molar-refractivity contribution is 0.198. The van der Waals surface area contributed by atoms with Crippen molar-refractivity contribution in [2.45, 2.75) is 12.5 Å². The van der Waals surface area contributed by atoms with Crippen LogP contribution in [-0.4, -0.2) is 39.3 Å². The number of aliphatic hydroxyl groups excluding tert-OH is 1. The van der Waals surface area contributed by atoms with E-state index in [0.717, 1.165) is 13.0 Å². The van der Waals surface area contributed by atoms with Gasteiger partial charge in [0.05, 0.1) is 6.10 Å². The van der Waals surface area contributed by atoms with Crippen LogP contribution in [0, 0.1) is 0 Å². The Kier molecular flexibility index (Phi) is 2.79. The standard InChI is InChI=1S/C9H12N4OS/c10-8(15)7-1-3-11-9(12-7)13-4-2-6(14)5-13/h1,3,6,14H,2,4-5H2,(H2,10,15). The summed E-state index contributed by atoms with van der Waals surface area (Å²) in [6, 6.07) is 1.68. The number of nitrogens with two attached hydrogens (primary N) is 1. The Morgan fingerprint density at radius 3 is 3.07 bits per heavy atom. The van der Waals surface area contributed by atoms with Crippen molar-refractivity contribution in [3.63, 3.8) is 0 Å². The van der Waals surface area contributed by atoms with E-state index >= 15 is 0 Å². The lowest BCUT2D eigenvalue weighted by Gasteiger charge is -2.15. The van der Waals surface area contributed by atoms with Gasteiger partial charge in [-0.1, -0.05) is 12.2 Å². The van der Waals surface area contributed by atoms with Crippen molar-refractivity contribution in [1.29, 1.82) is 0 Å². The third kappa shape index (κ3) is 2.21. The Morgan fingerprint density at radius 1 is 1.67 bits per heavy atom. The molecule has 1 aromatic rings. The van der Waals surface area contributed by atoms with Crippen LogP contribution in [0.2, 0.25) is 0 Å². The molecule has 0 aromatic carbocycles. The number of nitrogens with zero attached hydrogens (tertiary/aromatic N) is 3. The fraction of sp³-hybridized carbons (Fsp3) is 0.444. The first kappa shape index (κ1) is 10.3. The summed E-state index contributed by atoms with van der Waals surface area (Å²) < 4.78 is 0. The molecule has 1 fully saturated rings. The summed E-state index contributed by atoms with van der Waals surface area (Å²) in [7, 11) is 0. The van der Waals surface area contributed by atoms with Crippen LogP contribution in [-0.2, 0) is 0 Å². The van der Waals surface area contributed by atoms with Crippen LogP contribution >= 0.6 is 12.2 Å². The summed E-state index contributed by atoms with van der Waals surface area (Å²) in [5.74, 6) is 0.580. The molecule has 1 saturated heterocycles. The molecule has 1 atom stereocenters. The molecule has 5 nitrogen and oxygen atoms in total. The molecule has 2 heterocycles. The molecule has 0 spiro atoms. The van der Waals surface area contributed by atoms with Crippen molar-refractivity contribution in [2.75, 3.05) is 18.0 Å². The van der Waals surface area contributed by atoms with Gasteiger partial charge in [-0.25, -0.2) is 9.97 Å². The second-order valence-electron chi connectivity index (χ2n) is 3.49. The van der Waals surface area contributed by atoms with Gasteiger partial charge >= 0.3 is 0 Å². The predicted molar refractivity (Wildman–Crippen MR) is 60.8 cm³/mol. The number of aromatic nitrogens is 2. The first-order valence-corrected chi connectivity index (χ1v) is 5.13. The lowest BCUT2D eigenvalue weighted by atomic mass is 10.3. The molecule has 6 heteroatoms. The van der Waals surface area contributed by atoms with Crippen molar-refractivity contribution >= 4 is 23.2 Å². The third-order valence-corrected chi connectivity index (χ3v) is 2.55. The largest absolute Gasteiger partial charge is 0.391 e. The van der Waals surface area contributed by atoms with Crippen LogP contribution in [0.15, 0.2) is 12.3 Å². The fourth-order valence-corrected chi connectivity index (χ4v) is 1.68. The molecule has 1 unspecified atom stereocenters. The van der Waals surface area contributed by atoms with Gasteiger partial charge in [0, 0.05) is 19.3 Å². The summed E-state index contributed by atoms with van der Waals surface area (Å²) in [4.78, 5) is 10.5. The van der Waals surface area contributed by atoms with E-state index in [0.29, 0.717) is 18.2 Å². The van der Waals surface area contributed by atoms with Crippen LogP contribution in [0.5, 0.6) is 0 Å². The van der Waals surface area contributed by atoms with Crippen molar-refractivity contribution in [2.24, 2.45) is 5.73 Å². The molecular weight excluding hydrogens is 212 g/mol. The maximum atomic E-state index is 9.39. The molecule has 1 aromatic heterocycles. The van der Waals surface area contributed by atoms with E-state index in [2.05, 4.69) is 9.97 Å². The zero-order valence-corrected chi connectivity index (χ0v) is 8.94. The molecule has 2 rings (SSSR count). The van der Waals surface area contributed by atoms with E-state index in [1.165, 1.54) is 0 Å². The first-order valence-electron chi connectivity index (χ1n) is 4.72. The summed E-state index contributed by atoms with van der Waals surface area (Å²) in [6.07, 6.45) is 2.09. The number of hydrogen-bond donors (Lipinski definition) is 2. The minimum atomic E-state index is -0.290. The van der Waals surface area contributed by atoms with Gasteiger partial charge in [-0.15, -0.1) is 0 Å². The summed E-state index contributed by atoms with van der Waals surface area (Å²) >= 11 is 4.84. The highest BCUT2D eigenvalue weighted by atomic mass is 32.1. The molecule has 0 amide bonds. The Morgan fingerprint density at radius 2 is 2.47 bits per heavy atom. The molecule has 15 heavy (non-hydrogen) atoms. The zero-order chi connectivity index (χ0) is 10.8. The van der Waals surface area contributed by atoms with Crippen LogP contribution in [0.4, 0.5) is 5.95 Å². The highest BCUT2D eigenvalue weighted by Gasteiger charge is 2.22. The number of thiocarbonyl (C=S) groups is 1. The van der Waals surface area contributed by atoms with Crippen molar-refractivity contribution < 1.29 is 5.11 Å². The molecule has 80 valence electrons. The quantitative estimate of drug-likeness (QED) is 0.671. The van der Waals surface area contributed by atoms with E-state index in [4.69, 9.17) is 18.0 Å². The van der Waals surface area contributed by atoms with Crippen LogP contribution in [0.25, 0.3) is 0 Å². The molecule has 1 aliphatic rings. The summed E-state index contributed by atoms with van der Waals surface area (Å²) in [6.45, 7) is 1.34. The SMILES string of the molecule is NC(=S)c1ccnc(N2CCC(O)C2)n1. The van der Waals surface area contributed by atoms with Gasteiger partial charge < -0.3 is 15.7 Å². The molecular formula is C9H12N4OS. The minimum absolute atomic E-state index is 0.262. The Balaban J connectivity index is 2.21. The first-order chi connectivity index (χ1) is 7.16. The smallest absolute Gasteiger partial charge is 0.226 e. The van der Waals surface area contributed by atoms with Gasteiger partial charge in [0.25, 0.3) is 0 Å². The normalized spacial score (nSPS) is 20.6. The average molecular weight is 224 g/mol. The van der Waals surface area contributed by atoms with Crippen molar-refractivity contribution in [1.82, 2.24) is 9.97 Å². The third-order valence-electron chi connectivity index (χ3n) is 2.34.